The first-order valence-corrected chi connectivity index (χ1v) is 6.22. The molecule has 0 bridgehead atoms. The van der Waals surface area contributed by atoms with Gasteiger partial charge in [0.15, 0.2) is 5.78 Å². The summed E-state index contributed by atoms with van der Waals surface area (Å²) in [5.74, 6) is -1.32. The molecule has 1 unspecified atom stereocenters. The summed E-state index contributed by atoms with van der Waals surface area (Å²) >= 11 is 5.51. The number of carboxylic acid groups (broad SMARTS) is 1. The molecule has 1 atom stereocenters. The number of hydrogen-bond acceptors (Lipinski definition) is 3. The van der Waals surface area contributed by atoms with E-state index in [0.717, 1.165) is 0 Å². The van der Waals surface area contributed by atoms with Crippen LogP contribution in [0.1, 0.15) is 23.7 Å². The van der Waals surface area contributed by atoms with Crippen molar-refractivity contribution in [1.29, 1.82) is 0 Å². The van der Waals surface area contributed by atoms with Crippen molar-refractivity contribution in [2.45, 2.75) is 13.3 Å². The number of amidine groups is 1. The number of nitrogens with zero attached hydrogens (tertiary/aromatic N) is 1. The summed E-state index contributed by atoms with van der Waals surface area (Å²) in [7, 11) is 0. The fourth-order valence-corrected chi connectivity index (χ4v) is 1.59. The van der Waals surface area contributed by atoms with Crippen LogP contribution in [0.25, 0.3) is 0 Å². The number of Topliss-reactive ketones (excluding diaryl/α,β-unsaturated/α-hetero) is 1. The maximum Gasteiger partial charge on any atom is 0.304 e. The number of nitrogens with two attached hydrogens (primary N) is 1. The maximum atomic E-state index is 11.9. The van der Waals surface area contributed by atoms with Crippen LogP contribution < -0.4 is 5.73 Å². The molecule has 19 heavy (non-hydrogen) atoms. The number of alkyl halides is 1. The topological polar surface area (TPSA) is 92.7 Å². The second-order valence-electron chi connectivity index (χ2n) is 4.15. The molecule has 6 heteroatoms. The van der Waals surface area contributed by atoms with E-state index in [2.05, 4.69) is 4.99 Å². The van der Waals surface area contributed by atoms with Crippen LogP contribution in [0.4, 0.5) is 5.69 Å². The highest BCUT2D eigenvalue weighted by Gasteiger charge is 2.17. The zero-order valence-corrected chi connectivity index (χ0v) is 11.2. The lowest BCUT2D eigenvalue weighted by Crippen LogP contribution is -2.15. The van der Waals surface area contributed by atoms with Crippen LogP contribution >= 0.6 is 11.6 Å². The molecular weight excluding hydrogens is 268 g/mol. The molecule has 0 aliphatic carbocycles. The summed E-state index contributed by atoms with van der Waals surface area (Å²) in [4.78, 5) is 26.5. The Balaban J connectivity index is 2.81. The van der Waals surface area contributed by atoms with E-state index in [0.29, 0.717) is 17.1 Å². The van der Waals surface area contributed by atoms with Crippen molar-refractivity contribution >= 4 is 34.9 Å². The Labute approximate surface area is 116 Å². The number of carbonyl (C=O) groups excluding carboxylic acids is 1. The Bertz CT molecular complexity index is 497. The summed E-state index contributed by atoms with van der Waals surface area (Å²) in [6.07, 6.45) is -0.183. The molecule has 1 aromatic carbocycles. The number of halogens is 1. The van der Waals surface area contributed by atoms with Gasteiger partial charge in [0, 0.05) is 11.5 Å². The number of aliphatic carboxylic acids is 1. The van der Waals surface area contributed by atoms with Crippen molar-refractivity contribution in [3.63, 3.8) is 0 Å². The normalized spacial score (nSPS) is 13.1. The van der Waals surface area contributed by atoms with Crippen molar-refractivity contribution in [1.82, 2.24) is 0 Å². The lowest BCUT2D eigenvalue weighted by molar-refractivity contribution is -0.137. The second-order valence-corrected chi connectivity index (χ2v) is 4.41. The van der Waals surface area contributed by atoms with Crippen LogP contribution in [0, 0.1) is 5.92 Å². The maximum absolute atomic E-state index is 11.9. The first kappa shape index (κ1) is 15.2. The molecule has 0 aliphatic heterocycles. The quantitative estimate of drug-likeness (QED) is 0.362. The van der Waals surface area contributed by atoms with Crippen LogP contribution in [0.15, 0.2) is 29.3 Å². The van der Waals surface area contributed by atoms with E-state index < -0.39 is 11.9 Å². The minimum absolute atomic E-state index is 0.135. The smallest absolute Gasteiger partial charge is 0.304 e. The van der Waals surface area contributed by atoms with E-state index >= 15 is 0 Å². The summed E-state index contributed by atoms with van der Waals surface area (Å²) < 4.78 is 0. The number of rotatable bonds is 6. The minimum atomic E-state index is -0.989. The van der Waals surface area contributed by atoms with Crippen molar-refractivity contribution in [2.24, 2.45) is 16.6 Å². The third-order valence-corrected chi connectivity index (χ3v) is 2.76. The van der Waals surface area contributed by atoms with Gasteiger partial charge in [-0.25, -0.2) is 4.99 Å². The Morgan fingerprint density at radius 3 is 2.42 bits per heavy atom. The van der Waals surface area contributed by atoms with Crippen LogP contribution in [0.2, 0.25) is 0 Å². The summed E-state index contributed by atoms with van der Waals surface area (Å²) in [6, 6.07) is 6.47. The number of hydrogen-bond donors (Lipinski definition) is 2. The lowest BCUT2D eigenvalue weighted by Gasteiger charge is -2.07. The monoisotopic (exact) mass is 282 g/mol. The first-order valence-electron chi connectivity index (χ1n) is 5.69. The Hall–Kier alpha value is -1.88. The molecule has 0 saturated heterocycles. The van der Waals surface area contributed by atoms with Crippen molar-refractivity contribution in [3.8, 4) is 0 Å². The number of carboxylic acids is 1. The molecule has 5 nitrogen and oxygen atoms in total. The van der Waals surface area contributed by atoms with Gasteiger partial charge >= 0.3 is 5.97 Å². The van der Waals surface area contributed by atoms with Crippen molar-refractivity contribution in [3.05, 3.63) is 29.8 Å². The average Bonchev–Trinajstić information content (AvgIpc) is 2.37. The number of benzene rings is 1. The molecule has 0 saturated carbocycles. The van der Waals surface area contributed by atoms with E-state index in [-0.39, 0.29) is 18.1 Å². The summed E-state index contributed by atoms with van der Waals surface area (Å²) in [5.41, 5.74) is 6.55. The van der Waals surface area contributed by atoms with Gasteiger partial charge in [-0.05, 0) is 24.3 Å². The Morgan fingerprint density at radius 1 is 1.37 bits per heavy atom. The molecule has 0 radical (unpaired) electrons. The molecule has 0 spiro atoms. The standard InChI is InChI=1S/C13H15ClN2O3/c1-8(6-12(17)18)13(19)9-2-4-10(5-3-9)16-11(15)7-14/h2-5,8H,6-7H2,1H3,(H2,15,16)(H,17,18). The highest BCUT2D eigenvalue weighted by Crippen LogP contribution is 2.17. The highest BCUT2D eigenvalue weighted by atomic mass is 35.5. The largest absolute Gasteiger partial charge is 0.481 e. The predicted octanol–water partition coefficient (Wildman–Crippen LogP) is 2.21. The number of aliphatic imine (C=N–C) groups is 1. The van der Waals surface area contributed by atoms with Gasteiger partial charge in [0.25, 0.3) is 0 Å². The molecule has 3 N–H and O–H groups in total. The van der Waals surface area contributed by atoms with Gasteiger partial charge in [0.2, 0.25) is 0 Å². The Kier molecular flexibility index (Phi) is 5.51. The van der Waals surface area contributed by atoms with Gasteiger partial charge in [0.1, 0.15) is 5.84 Å². The van der Waals surface area contributed by atoms with Gasteiger partial charge in [-0.3, -0.25) is 9.59 Å². The second kappa shape index (κ2) is 6.89. The summed E-state index contributed by atoms with van der Waals surface area (Å²) in [5, 5.41) is 8.65. The summed E-state index contributed by atoms with van der Waals surface area (Å²) in [6.45, 7) is 1.59. The molecule has 0 aromatic heterocycles. The average molecular weight is 283 g/mol. The van der Waals surface area contributed by atoms with Crippen molar-refractivity contribution in [2.75, 3.05) is 5.88 Å². The molecule has 1 rings (SSSR count). The number of carbonyl (C=O) groups is 2. The van der Waals surface area contributed by atoms with Crippen molar-refractivity contribution < 1.29 is 14.7 Å². The van der Waals surface area contributed by atoms with E-state index in [4.69, 9.17) is 22.4 Å². The zero-order valence-electron chi connectivity index (χ0n) is 10.5. The van der Waals surface area contributed by atoms with Crippen LogP contribution in [-0.2, 0) is 4.79 Å². The fourth-order valence-electron chi connectivity index (χ4n) is 1.54. The van der Waals surface area contributed by atoms with Gasteiger partial charge in [-0.15, -0.1) is 11.6 Å². The fraction of sp³-hybridized carbons (Fsp3) is 0.308. The van der Waals surface area contributed by atoms with Crippen LogP contribution in [0.5, 0.6) is 0 Å². The van der Waals surface area contributed by atoms with Crippen LogP contribution in [0.3, 0.4) is 0 Å². The van der Waals surface area contributed by atoms with Gasteiger partial charge < -0.3 is 10.8 Å². The lowest BCUT2D eigenvalue weighted by atomic mass is 9.96. The molecule has 1 aromatic rings. The number of ketones is 1. The van der Waals surface area contributed by atoms with Gasteiger partial charge in [0.05, 0.1) is 18.0 Å². The third kappa shape index (κ3) is 4.71. The third-order valence-electron chi connectivity index (χ3n) is 2.49. The molecule has 0 aliphatic rings. The van der Waals surface area contributed by atoms with E-state index in [1.165, 1.54) is 0 Å². The molecule has 0 amide bonds. The van der Waals surface area contributed by atoms with Gasteiger partial charge in [-0.1, -0.05) is 6.92 Å². The first-order chi connectivity index (χ1) is 8.93. The molecular formula is C13H15ClN2O3. The van der Waals surface area contributed by atoms with E-state index in [9.17, 15) is 9.59 Å². The SMILES string of the molecule is CC(CC(=O)O)C(=O)c1ccc(N=C(N)CCl)cc1. The molecule has 102 valence electrons. The minimum Gasteiger partial charge on any atom is -0.481 e. The zero-order chi connectivity index (χ0) is 14.4. The van der Waals surface area contributed by atoms with Crippen LogP contribution in [-0.4, -0.2) is 28.6 Å². The molecule has 0 fully saturated rings. The Morgan fingerprint density at radius 2 is 1.95 bits per heavy atom. The van der Waals surface area contributed by atoms with E-state index in [1.807, 2.05) is 0 Å². The predicted molar refractivity (Wildman–Crippen MR) is 74.2 cm³/mol. The molecule has 0 heterocycles. The highest BCUT2D eigenvalue weighted by molar-refractivity contribution is 6.28. The van der Waals surface area contributed by atoms with Gasteiger partial charge in [-0.2, -0.15) is 0 Å². The van der Waals surface area contributed by atoms with E-state index in [1.54, 1.807) is 31.2 Å².